The zero-order valence-corrected chi connectivity index (χ0v) is 9.05. The van der Waals surface area contributed by atoms with Crippen molar-refractivity contribution in [2.45, 2.75) is 19.0 Å². The van der Waals surface area contributed by atoms with Gasteiger partial charge in [0.1, 0.15) is 0 Å². The van der Waals surface area contributed by atoms with Gasteiger partial charge >= 0.3 is 6.18 Å². The van der Waals surface area contributed by atoms with Crippen LogP contribution in [0, 0.1) is 5.41 Å². The van der Waals surface area contributed by atoms with E-state index in [1.807, 2.05) is 0 Å². The van der Waals surface area contributed by atoms with E-state index in [1.165, 1.54) is 12.1 Å². The number of Topliss-reactive ketones (excluding diaryl/α,β-unsaturated/α-hetero) is 1. The van der Waals surface area contributed by atoms with E-state index in [0.717, 1.165) is 12.1 Å². The van der Waals surface area contributed by atoms with Crippen LogP contribution in [0.4, 0.5) is 13.2 Å². The fourth-order valence-electron chi connectivity index (χ4n) is 1.82. The van der Waals surface area contributed by atoms with Gasteiger partial charge in [-0.05, 0) is 25.0 Å². The molecule has 1 aliphatic rings. The van der Waals surface area contributed by atoms with Crippen LogP contribution in [0.2, 0.25) is 0 Å². The number of hydrogen-bond donors (Lipinski definition) is 1. The lowest BCUT2D eigenvalue weighted by molar-refractivity contribution is -0.137. The molecule has 0 saturated heterocycles. The Morgan fingerprint density at radius 2 is 2.00 bits per heavy atom. The normalized spacial score (nSPS) is 17.9. The van der Waals surface area contributed by atoms with Crippen molar-refractivity contribution in [1.29, 1.82) is 0 Å². The minimum absolute atomic E-state index is 0.0998. The molecule has 0 unspecified atom stereocenters. The zero-order chi connectivity index (χ0) is 12.7. The van der Waals surface area contributed by atoms with Crippen LogP contribution < -0.4 is 5.73 Å². The molecule has 2 N–H and O–H groups in total. The Bertz CT molecular complexity index is 449. The molecule has 1 aromatic carbocycles. The highest BCUT2D eigenvalue weighted by Gasteiger charge is 2.48. The third-order valence-electron chi connectivity index (χ3n) is 3.18. The van der Waals surface area contributed by atoms with Crippen LogP contribution in [-0.2, 0) is 6.18 Å². The first-order chi connectivity index (χ1) is 7.89. The van der Waals surface area contributed by atoms with E-state index in [9.17, 15) is 18.0 Å². The molecule has 0 bridgehead atoms. The molecule has 17 heavy (non-hydrogen) atoms. The van der Waals surface area contributed by atoms with Crippen LogP contribution in [0.1, 0.15) is 28.8 Å². The number of rotatable bonds is 3. The number of ketones is 1. The maximum atomic E-state index is 12.5. The molecule has 0 aliphatic heterocycles. The van der Waals surface area contributed by atoms with Crippen molar-refractivity contribution in [1.82, 2.24) is 0 Å². The van der Waals surface area contributed by atoms with E-state index in [1.54, 1.807) is 0 Å². The summed E-state index contributed by atoms with van der Waals surface area (Å²) in [6, 6.07) is 4.52. The van der Waals surface area contributed by atoms with Crippen LogP contribution in [0.15, 0.2) is 24.3 Å². The largest absolute Gasteiger partial charge is 0.416 e. The molecule has 5 heteroatoms. The minimum atomic E-state index is -4.42. The summed E-state index contributed by atoms with van der Waals surface area (Å²) in [5.74, 6) is -0.272. The van der Waals surface area contributed by atoms with Crippen LogP contribution in [-0.4, -0.2) is 12.3 Å². The Balaban J connectivity index is 2.31. The molecule has 92 valence electrons. The summed E-state index contributed by atoms with van der Waals surface area (Å²) >= 11 is 0. The Kier molecular flexibility index (Phi) is 2.73. The monoisotopic (exact) mass is 243 g/mol. The molecule has 0 aromatic heterocycles. The van der Waals surface area contributed by atoms with Crippen LogP contribution >= 0.6 is 0 Å². The van der Waals surface area contributed by atoms with E-state index < -0.39 is 17.2 Å². The molecule has 0 heterocycles. The van der Waals surface area contributed by atoms with Crippen molar-refractivity contribution in [2.75, 3.05) is 6.54 Å². The second-order valence-corrected chi connectivity index (χ2v) is 4.39. The van der Waals surface area contributed by atoms with Crippen molar-refractivity contribution in [3.8, 4) is 0 Å². The number of hydrogen-bond acceptors (Lipinski definition) is 2. The predicted octanol–water partition coefficient (Wildman–Crippen LogP) is 2.63. The minimum Gasteiger partial charge on any atom is -0.329 e. The van der Waals surface area contributed by atoms with E-state index in [0.29, 0.717) is 12.8 Å². The lowest BCUT2D eigenvalue weighted by Crippen LogP contribution is -2.25. The summed E-state index contributed by atoms with van der Waals surface area (Å²) in [5.41, 5.74) is 4.19. The van der Waals surface area contributed by atoms with Gasteiger partial charge in [-0.3, -0.25) is 4.79 Å². The van der Waals surface area contributed by atoms with Crippen molar-refractivity contribution >= 4 is 5.78 Å². The highest BCUT2D eigenvalue weighted by molar-refractivity contribution is 6.02. The molecular formula is C12H12F3NO. The second kappa shape index (κ2) is 3.84. The molecule has 2 nitrogen and oxygen atoms in total. The maximum absolute atomic E-state index is 12.5. The number of halogens is 3. The topological polar surface area (TPSA) is 43.1 Å². The molecule has 0 atom stereocenters. The van der Waals surface area contributed by atoms with Gasteiger partial charge in [-0.15, -0.1) is 0 Å². The molecule has 1 aliphatic carbocycles. The Morgan fingerprint density at radius 1 is 1.35 bits per heavy atom. The van der Waals surface area contributed by atoms with Crippen molar-refractivity contribution in [3.05, 3.63) is 35.4 Å². The number of nitrogens with two attached hydrogens (primary N) is 1. The molecule has 0 spiro atoms. The highest BCUT2D eigenvalue weighted by atomic mass is 19.4. The maximum Gasteiger partial charge on any atom is 0.416 e. The average molecular weight is 243 g/mol. The smallest absolute Gasteiger partial charge is 0.329 e. The second-order valence-electron chi connectivity index (χ2n) is 4.39. The molecule has 1 aromatic rings. The van der Waals surface area contributed by atoms with Gasteiger partial charge < -0.3 is 5.73 Å². The van der Waals surface area contributed by atoms with Crippen molar-refractivity contribution in [2.24, 2.45) is 11.1 Å². The van der Waals surface area contributed by atoms with Gasteiger partial charge in [-0.2, -0.15) is 13.2 Å². The van der Waals surface area contributed by atoms with Crippen LogP contribution in [0.3, 0.4) is 0 Å². The summed E-state index contributed by atoms with van der Waals surface area (Å²) in [5, 5.41) is 0. The molecule has 1 saturated carbocycles. The van der Waals surface area contributed by atoms with Gasteiger partial charge in [0.25, 0.3) is 0 Å². The fourth-order valence-corrected chi connectivity index (χ4v) is 1.82. The first kappa shape index (κ1) is 12.1. The molecule has 2 rings (SSSR count). The van der Waals surface area contributed by atoms with Gasteiger partial charge in [0.2, 0.25) is 0 Å². The van der Waals surface area contributed by atoms with Crippen molar-refractivity contribution in [3.63, 3.8) is 0 Å². The molecular weight excluding hydrogens is 231 g/mol. The van der Waals surface area contributed by atoms with E-state index in [2.05, 4.69) is 0 Å². The van der Waals surface area contributed by atoms with E-state index in [-0.39, 0.29) is 17.9 Å². The quantitative estimate of drug-likeness (QED) is 0.829. The van der Waals surface area contributed by atoms with E-state index in [4.69, 9.17) is 5.73 Å². The molecule has 1 fully saturated rings. The van der Waals surface area contributed by atoms with Gasteiger partial charge in [-0.1, -0.05) is 12.1 Å². The first-order valence-corrected chi connectivity index (χ1v) is 5.31. The summed E-state index contributed by atoms with van der Waals surface area (Å²) < 4.78 is 37.5. The van der Waals surface area contributed by atoms with Crippen molar-refractivity contribution < 1.29 is 18.0 Å². The Hall–Kier alpha value is -1.36. The van der Waals surface area contributed by atoms with Gasteiger partial charge in [0, 0.05) is 17.5 Å². The lowest BCUT2D eigenvalue weighted by atomic mass is 9.94. The van der Waals surface area contributed by atoms with Gasteiger partial charge in [-0.25, -0.2) is 0 Å². The van der Waals surface area contributed by atoms with E-state index >= 15 is 0 Å². The highest BCUT2D eigenvalue weighted by Crippen LogP contribution is 2.47. The average Bonchev–Trinajstić information content (AvgIpc) is 3.08. The molecule has 0 amide bonds. The lowest BCUT2D eigenvalue weighted by Gasteiger charge is -2.12. The third kappa shape index (κ3) is 2.20. The van der Waals surface area contributed by atoms with Crippen LogP contribution in [0.5, 0.6) is 0 Å². The zero-order valence-electron chi connectivity index (χ0n) is 9.05. The number of benzene rings is 1. The summed E-state index contributed by atoms with van der Waals surface area (Å²) in [6.07, 6.45) is -3.09. The fraction of sp³-hybridized carbons (Fsp3) is 0.417. The third-order valence-corrected chi connectivity index (χ3v) is 3.18. The number of carbonyl (C=O) groups is 1. The standard InChI is InChI=1S/C12H12F3NO/c13-12(14,15)9-3-1-2-8(6-9)10(17)11(7-16)4-5-11/h1-3,6H,4-5,7,16H2. The van der Waals surface area contributed by atoms with Crippen LogP contribution in [0.25, 0.3) is 0 Å². The summed E-state index contributed by atoms with van der Waals surface area (Å²) in [7, 11) is 0. The predicted molar refractivity (Wildman–Crippen MR) is 56.5 cm³/mol. The first-order valence-electron chi connectivity index (χ1n) is 5.31. The van der Waals surface area contributed by atoms with Gasteiger partial charge in [0.05, 0.1) is 5.56 Å². The SMILES string of the molecule is NCC1(C(=O)c2cccc(C(F)(F)F)c2)CC1. The number of alkyl halides is 3. The summed E-state index contributed by atoms with van der Waals surface area (Å²) in [6.45, 7) is 0.197. The Labute approximate surface area is 96.6 Å². The number of carbonyl (C=O) groups excluding carboxylic acids is 1. The molecule has 0 radical (unpaired) electrons. The Morgan fingerprint density at radius 3 is 2.47 bits per heavy atom. The van der Waals surface area contributed by atoms with Gasteiger partial charge in [0.15, 0.2) is 5.78 Å². The summed E-state index contributed by atoms with van der Waals surface area (Å²) in [4.78, 5) is 12.0.